The minimum absolute atomic E-state index is 0.266. The van der Waals surface area contributed by atoms with Gasteiger partial charge in [-0.15, -0.1) is 11.8 Å². The molecule has 0 radical (unpaired) electrons. The summed E-state index contributed by atoms with van der Waals surface area (Å²) in [5.41, 5.74) is 1.32. The highest BCUT2D eigenvalue weighted by Crippen LogP contribution is 2.30. The predicted molar refractivity (Wildman–Crippen MR) is 78.7 cm³/mol. The van der Waals surface area contributed by atoms with Crippen molar-refractivity contribution < 1.29 is 5.11 Å². The Morgan fingerprint density at radius 2 is 2.24 bits per heavy atom. The molecule has 0 aliphatic heterocycles. The molecule has 0 fully saturated rings. The Balaban J connectivity index is 2.79. The minimum atomic E-state index is 0.266. The first-order valence-electron chi connectivity index (χ1n) is 5.95. The summed E-state index contributed by atoms with van der Waals surface area (Å²) < 4.78 is 1.11. The number of thioether (sulfide) groups is 1. The molecule has 0 aliphatic carbocycles. The summed E-state index contributed by atoms with van der Waals surface area (Å²) in [6.45, 7) is 5.53. The summed E-state index contributed by atoms with van der Waals surface area (Å²) in [7, 11) is 0. The number of hydrogen-bond donors (Lipinski definition) is 2. The topological polar surface area (TPSA) is 32.3 Å². The zero-order valence-electron chi connectivity index (χ0n) is 10.4. The van der Waals surface area contributed by atoms with Crippen LogP contribution in [-0.2, 0) is 0 Å². The average Bonchev–Trinajstić information content (AvgIpc) is 2.31. The maximum atomic E-state index is 8.82. The molecule has 2 N–H and O–H groups in total. The number of halogens is 1. The largest absolute Gasteiger partial charge is 0.396 e. The Kier molecular flexibility index (Phi) is 7.19. The van der Waals surface area contributed by atoms with Gasteiger partial charge in [-0.1, -0.05) is 22.9 Å². The Morgan fingerprint density at radius 3 is 2.88 bits per heavy atom. The smallest absolute Gasteiger partial charge is 0.0439 e. The van der Waals surface area contributed by atoms with Crippen molar-refractivity contribution in [2.24, 2.45) is 0 Å². The van der Waals surface area contributed by atoms with Gasteiger partial charge in [0.2, 0.25) is 0 Å². The van der Waals surface area contributed by atoms with E-state index in [4.69, 9.17) is 5.11 Å². The van der Waals surface area contributed by atoms with Crippen molar-refractivity contribution in [1.29, 1.82) is 0 Å². The third kappa shape index (κ3) is 5.00. The lowest BCUT2D eigenvalue weighted by Crippen LogP contribution is -2.18. The van der Waals surface area contributed by atoms with E-state index in [-0.39, 0.29) is 6.61 Å². The van der Waals surface area contributed by atoms with Crippen molar-refractivity contribution in [3.63, 3.8) is 0 Å². The number of rotatable bonds is 7. The van der Waals surface area contributed by atoms with Gasteiger partial charge < -0.3 is 10.4 Å². The second-order valence-electron chi connectivity index (χ2n) is 3.89. The van der Waals surface area contributed by atoms with Crippen LogP contribution in [0.1, 0.15) is 31.9 Å². The van der Waals surface area contributed by atoms with E-state index >= 15 is 0 Å². The fraction of sp³-hybridized carbons (Fsp3) is 0.538. The summed E-state index contributed by atoms with van der Waals surface area (Å²) in [6.07, 6.45) is 0.843. The van der Waals surface area contributed by atoms with Gasteiger partial charge in [0, 0.05) is 27.8 Å². The molecule has 0 saturated carbocycles. The lowest BCUT2D eigenvalue weighted by molar-refractivity contribution is 0.296. The predicted octanol–water partition coefficient (Wildman–Crippen LogP) is 3.59. The van der Waals surface area contributed by atoms with Crippen molar-refractivity contribution >= 4 is 27.7 Å². The van der Waals surface area contributed by atoms with Crippen LogP contribution < -0.4 is 5.32 Å². The molecule has 0 spiro atoms. The molecule has 0 heterocycles. The SMILES string of the molecule is CCNC(C)c1cc(Br)ccc1SCCCO. The fourth-order valence-electron chi connectivity index (χ4n) is 1.65. The molecule has 96 valence electrons. The van der Waals surface area contributed by atoms with Gasteiger partial charge in [-0.05, 0) is 43.7 Å². The molecule has 0 saturated heterocycles. The molecular formula is C13H20BrNOS. The van der Waals surface area contributed by atoms with Crippen LogP contribution in [0.5, 0.6) is 0 Å². The van der Waals surface area contributed by atoms with Crippen LogP contribution in [0.4, 0.5) is 0 Å². The first-order valence-corrected chi connectivity index (χ1v) is 7.73. The van der Waals surface area contributed by atoms with Crippen LogP contribution in [0.3, 0.4) is 0 Å². The molecule has 1 unspecified atom stereocenters. The van der Waals surface area contributed by atoms with E-state index in [9.17, 15) is 0 Å². The fourth-order valence-corrected chi connectivity index (χ4v) is 3.09. The maximum absolute atomic E-state index is 8.82. The van der Waals surface area contributed by atoms with Crippen molar-refractivity contribution in [1.82, 2.24) is 5.32 Å². The molecule has 17 heavy (non-hydrogen) atoms. The van der Waals surface area contributed by atoms with Crippen LogP contribution in [0, 0.1) is 0 Å². The summed E-state index contributed by atoms with van der Waals surface area (Å²) in [6, 6.07) is 6.75. The Morgan fingerprint density at radius 1 is 1.47 bits per heavy atom. The molecule has 0 bridgehead atoms. The summed E-state index contributed by atoms with van der Waals surface area (Å²) >= 11 is 5.33. The third-order valence-corrected chi connectivity index (χ3v) is 4.18. The van der Waals surface area contributed by atoms with E-state index in [0.29, 0.717) is 6.04 Å². The van der Waals surface area contributed by atoms with Gasteiger partial charge in [0.05, 0.1) is 0 Å². The van der Waals surface area contributed by atoms with Crippen molar-refractivity contribution in [2.75, 3.05) is 18.9 Å². The van der Waals surface area contributed by atoms with Crippen molar-refractivity contribution in [3.05, 3.63) is 28.2 Å². The molecule has 1 aromatic rings. The zero-order valence-corrected chi connectivity index (χ0v) is 12.8. The van der Waals surface area contributed by atoms with Gasteiger partial charge in [-0.2, -0.15) is 0 Å². The highest BCUT2D eigenvalue weighted by molar-refractivity contribution is 9.10. The molecular weight excluding hydrogens is 298 g/mol. The zero-order chi connectivity index (χ0) is 12.7. The van der Waals surface area contributed by atoms with Crippen LogP contribution in [-0.4, -0.2) is 24.0 Å². The van der Waals surface area contributed by atoms with Crippen LogP contribution in [0.15, 0.2) is 27.6 Å². The van der Waals surface area contributed by atoms with E-state index in [1.165, 1.54) is 10.5 Å². The number of hydrogen-bond acceptors (Lipinski definition) is 3. The Labute approximate surface area is 116 Å². The van der Waals surface area contributed by atoms with Crippen LogP contribution >= 0.6 is 27.7 Å². The molecule has 0 aliphatic rings. The Hall–Kier alpha value is -0.0300. The van der Waals surface area contributed by atoms with E-state index in [0.717, 1.165) is 23.2 Å². The number of benzene rings is 1. The van der Waals surface area contributed by atoms with Gasteiger partial charge in [0.15, 0.2) is 0 Å². The van der Waals surface area contributed by atoms with Crippen molar-refractivity contribution in [2.45, 2.75) is 31.2 Å². The molecule has 4 heteroatoms. The van der Waals surface area contributed by atoms with E-state index in [1.54, 1.807) is 0 Å². The van der Waals surface area contributed by atoms with E-state index < -0.39 is 0 Å². The molecule has 1 aromatic carbocycles. The molecule has 0 aromatic heterocycles. The van der Waals surface area contributed by atoms with Crippen LogP contribution in [0.2, 0.25) is 0 Å². The number of nitrogens with one attached hydrogen (secondary N) is 1. The molecule has 2 nitrogen and oxygen atoms in total. The first kappa shape index (κ1) is 15.0. The van der Waals surface area contributed by atoms with Gasteiger partial charge in [0.25, 0.3) is 0 Å². The van der Waals surface area contributed by atoms with Crippen molar-refractivity contribution in [3.8, 4) is 0 Å². The third-order valence-electron chi connectivity index (χ3n) is 2.51. The standard InChI is InChI=1S/C13H20BrNOS/c1-3-15-10(2)12-9-11(14)5-6-13(12)17-8-4-7-16/h5-6,9-10,15-16H,3-4,7-8H2,1-2H3. The lowest BCUT2D eigenvalue weighted by Gasteiger charge is -2.17. The normalized spacial score (nSPS) is 12.7. The lowest BCUT2D eigenvalue weighted by atomic mass is 10.1. The molecule has 0 amide bonds. The monoisotopic (exact) mass is 317 g/mol. The first-order chi connectivity index (χ1) is 8.19. The van der Waals surface area contributed by atoms with Gasteiger partial charge in [-0.3, -0.25) is 0 Å². The summed E-state index contributed by atoms with van der Waals surface area (Å²) in [5, 5.41) is 12.3. The second-order valence-corrected chi connectivity index (χ2v) is 5.94. The van der Waals surface area contributed by atoms with E-state index in [2.05, 4.69) is 53.3 Å². The maximum Gasteiger partial charge on any atom is 0.0439 e. The molecule has 1 rings (SSSR count). The highest BCUT2D eigenvalue weighted by atomic mass is 79.9. The number of aliphatic hydroxyl groups excluding tert-OH is 1. The highest BCUT2D eigenvalue weighted by Gasteiger charge is 2.10. The number of aliphatic hydroxyl groups is 1. The van der Waals surface area contributed by atoms with Gasteiger partial charge in [-0.25, -0.2) is 0 Å². The summed E-state index contributed by atoms with van der Waals surface area (Å²) in [4.78, 5) is 1.30. The minimum Gasteiger partial charge on any atom is -0.396 e. The van der Waals surface area contributed by atoms with Gasteiger partial charge >= 0.3 is 0 Å². The second kappa shape index (κ2) is 8.14. The Bertz CT molecular complexity index is 346. The van der Waals surface area contributed by atoms with Crippen LogP contribution in [0.25, 0.3) is 0 Å². The summed E-state index contributed by atoms with van der Waals surface area (Å²) in [5.74, 6) is 0.962. The quantitative estimate of drug-likeness (QED) is 0.595. The van der Waals surface area contributed by atoms with Gasteiger partial charge in [0.1, 0.15) is 0 Å². The average molecular weight is 318 g/mol. The molecule has 1 atom stereocenters. The van der Waals surface area contributed by atoms with E-state index in [1.807, 2.05) is 11.8 Å².